The van der Waals surface area contributed by atoms with Gasteiger partial charge in [-0.25, -0.2) is 29.9 Å². The fraction of sp³-hybridized carbons (Fsp3) is 0.286. The molecule has 0 aromatic carbocycles. The first kappa shape index (κ1) is 25.0. The van der Waals surface area contributed by atoms with E-state index in [4.69, 9.17) is 29.9 Å². The molecule has 6 aliphatic rings. The van der Waals surface area contributed by atoms with Crippen LogP contribution in [0.4, 0.5) is 0 Å². The molecule has 7 aromatic rings. The molecule has 7 aromatic heterocycles. The van der Waals surface area contributed by atoms with Crippen LogP contribution in [0.3, 0.4) is 0 Å². The Hall–Kier alpha value is -5.10. The molecule has 6 aliphatic carbocycles. The smallest absolute Gasteiger partial charge is 0.0929 e. The van der Waals surface area contributed by atoms with Gasteiger partial charge in [0.2, 0.25) is 0 Å². The van der Waals surface area contributed by atoms with Crippen LogP contribution < -0.4 is 0 Å². The molecule has 12 bridgehead atoms. The van der Waals surface area contributed by atoms with Crippen LogP contribution >= 0.6 is 0 Å². The first-order valence-electron chi connectivity index (χ1n) is 17.9. The SMILES string of the molecule is c1c2c3nc4c1CCc1cc5c(nc14)c1nc4c(cc1CC5)CCc1cc5c(nc14)c1nc4c(cc1CC5)CCc1cc(c3nc14)CC2. The van der Waals surface area contributed by atoms with Gasteiger partial charge in [-0.3, -0.25) is 0 Å². The molecular weight excluding hydrogens is 589 g/mol. The number of aromatic nitrogens is 6. The summed E-state index contributed by atoms with van der Waals surface area (Å²) >= 11 is 0. The Morgan fingerprint density at radius 2 is 0.292 bits per heavy atom. The number of aryl methyl sites for hydroxylation is 12. The third kappa shape index (κ3) is 3.10. The second-order valence-corrected chi connectivity index (χ2v) is 15.0. The molecule has 0 amide bonds. The molecule has 0 atom stereocenters. The van der Waals surface area contributed by atoms with Crippen LogP contribution in [0.25, 0.3) is 66.2 Å². The number of hydrogen-bond acceptors (Lipinski definition) is 6. The summed E-state index contributed by atoms with van der Waals surface area (Å²) in [6, 6.07) is 14.6. The average Bonchev–Trinajstić information content (AvgIpc) is 3.13. The molecule has 48 heavy (non-hydrogen) atoms. The fourth-order valence-electron chi connectivity index (χ4n) is 9.98. The van der Waals surface area contributed by atoms with Gasteiger partial charge in [-0.15, -0.1) is 0 Å². The zero-order valence-corrected chi connectivity index (χ0v) is 26.6. The predicted octanol–water partition coefficient (Wildman–Crippen LogP) is 7.25. The van der Waals surface area contributed by atoms with Gasteiger partial charge in [-0.05, 0) is 144 Å². The van der Waals surface area contributed by atoms with Gasteiger partial charge in [0.05, 0.1) is 66.2 Å². The van der Waals surface area contributed by atoms with Crippen LogP contribution in [-0.4, -0.2) is 29.9 Å². The van der Waals surface area contributed by atoms with Crippen molar-refractivity contribution in [3.05, 3.63) is 103 Å². The topological polar surface area (TPSA) is 77.3 Å². The Kier molecular flexibility index (Phi) is 4.42. The van der Waals surface area contributed by atoms with E-state index in [0.717, 1.165) is 143 Å². The maximum atomic E-state index is 5.52. The normalized spacial score (nSPS) is 17.0. The lowest BCUT2D eigenvalue weighted by Gasteiger charge is -2.24. The number of nitrogens with zero attached hydrogens (tertiary/aromatic N) is 6. The van der Waals surface area contributed by atoms with Crippen LogP contribution in [0.5, 0.6) is 0 Å². The molecule has 6 heteroatoms. The largest absolute Gasteiger partial charge is 0.244 e. The third-order valence-electron chi connectivity index (χ3n) is 12.4. The van der Waals surface area contributed by atoms with E-state index >= 15 is 0 Å². The number of hydrogen-bond donors (Lipinski definition) is 0. The zero-order chi connectivity index (χ0) is 30.8. The summed E-state index contributed by atoms with van der Waals surface area (Å²) in [6.07, 6.45) is 12.1. The van der Waals surface area contributed by atoms with Crippen LogP contribution in [0.1, 0.15) is 66.8 Å². The van der Waals surface area contributed by atoms with Crippen molar-refractivity contribution in [3.8, 4) is 0 Å². The molecule has 0 saturated heterocycles. The minimum atomic E-state index is 1.01. The van der Waals surface area contributed by atoms with Crippen LogP contribution in [0.2, 0.25) is 0 Å². The lowest BCUT2D eigenvalue weighted by Crippen LogP contribution is -2.13. The molecule has 0 aliphatic heterocycles. The predicted molar refractivity (Wildman–Crippen MR) is 189 cm³/mol. The number of pyridine rings is 6. The first-order chi connectivity index (χ1) is 23.7. The third-order valence-corrected chi connectivity index (χ3v) is 12.4. The lowest BCUT2D eigenvalue weighted by atomic mass is 9.86. The zero-order valence-electron chi connectivity index (χ0n) is 26.6. The maximum Gasteiger partial charge on any atom is 0.0929 e. The van der Waals surface area contributed by atoms with Crippen LogP contribution in [0.15, 0.2) is 36.4 Å². The standard InChI is InChI=1S/C42H30N6/c1-2-20-14-22-5-6-24-16-26-9-10-28-18-30-12-11-29-17-27-8-7-25-15-23-4-3-21-13-19(1)31-32(20)44-34(22)36(24)46-39(26)40(28)48-42(30)41(29)47-38(27)37(25)45-35(23)33(21)43-31/h13-18H,1-12H2. The van der Waals surface area contributed by atoms with E-state index in [2.05, 4.69) is 36.4 Å². The molecule has 0 unspecified atom stereocenters. The highest BCUT2D eigenvalue weighted by molar-refractivity contribution is 5.99. The highest BCUT2D eigenvalue weighted by Crippen LogP contribution is 2.40. The van der Waals surface area contributed by atoms with Crippen molar-refractivity contribution in [2.45, 2.75) is 77.0 Å². The van der Waals surface area contributed by atoms with E-state index in [9.17, 15) is 0 Å². The highest BCUT2D eigenvalue weighted by Gasteiger charge is 2.27. The molecule has 0 saturated carbocycles. The highest BCUT2D eigenvalue weighted by atomic mass is 14.9. The van der Waals surface area contributed by atoms with Crippen molar-refractivity contribution < 1.29 is 0 Å². The summed E-state index contributed by atoms with van der Waals surface area (Å²) < 4.78 is 0. The van der Waals surface area contributed by atoms with E-state index in [0.29, 0.717) is 0 Å². The van der Waals surface area contributed by atoms with Crippen molar-refractivity contribution in [1.82, 2.24) is 29.9 Å². The van der Waals surface area contributed by atoms with E-state index < -0.39 is 0 Å². The van der Waals surface area contributed by atoms with E-state index in [1.165, 1.54) is 66.8 Å². The number of rotatable bonds is 0. The van der Waals surface area contributed by atoms with Gasteiger partial charge in [-0.1, -0.05) is 36.4 Å². The second kappa shape index (κ2) is 8.48. The summed E-state index contributed by atoms with van der Waals surface area (Å²) in [5.41, 5.74) is 28.2. The minimum absolute atomic E-state index is 1.01. The Morgan fingerprint density at radius 3 is 0.396 bits per heavy atom. The van der Waals surface area contributed by atoms with Gasteiger partial charge in [0.15, 0.2) is 0 Å². The van der Waals surface area contributed by atoms with Gasteiger partial charge in [0.1, 0.15) is 0 Å². The maximum absolute atomic E-state index is 5.52. The van der Waals surface area contributed by atoms with Crippen molar-refractivity contribution >= 4 is 66.2 Å². The van der Waals surface area contributed by atoms with Gasteiger partial charge >= 0.3 is 0 Å². The quantitative estimate of drug-likeness (QED) is 0.178. The van der Waals surface area contributed by atoms with Gasteiger partial charge in [0, 0.05) is 0 Å². The monoisotopic (exact) mass is 618 g/mol. The van der Waals surface area contributed by atoms with Gasteiger partial charge < -0.3 is 0 Å². The Morgan fingerprint density at radius 1 is 0.188 bits per heavy atom. The first-order valence-corrected chi connectivity index (χ1v) is 17.9. The molecule has 0 radical (unpaired) electrons. The van der Waals surface area contributed by atoms with Crippen LogP contribution in [-0.2, 0) is 77.0 Å². The molecule has 228 valence electrons. The molecule has 0 fully saturated rings. The Bertz CT molecular complexity index is 2220. The molecule has 0 spiro atoms. The van der Waals surface area contributed by atoms with E-state index in [1.54, 1.807) is 0 Å². The van der Waals surface area contributed by atoms with Crippen molar-refractivity contribution in [3.63, 3.8) is 0 Å². The van der Waals surface area contributed by atoms with Gasteiger partial charge in [0.25, 0.3) is 0 Å². The summed E-state index contributed by atoms with van der Waals surface area (Å²) in [5, 5.41) is 0. The molecule has 7 heterocycles. The molecule has 13 rings (SSSR count). The Labute approximate surface area is 275 Å². The van der Waals surface area contributed by atoms with E-state index in [-0.39, 0.29) is 0 Å². The summed E-state index contributed by atoms with van der Waals surface area (Å²) in [7, 11) is 0. The van der Waals surface area contributed by atoms with Crippen molar-refractivity contribution in [1.29, 1.82) is 0 Å². The minimum Gasteiger partial charge on any atom is -0.244 e. The Balaban J connectivity index is 1.31. The summed E-state index contributed by atoms with van der Waals surface area (Å²) in [4.78, 5) is 33.1. The lowest BCUT2D eigenvalue weighted by molar-refractivity contribution is 0.890. The van der Waals surface area contributed by atoms with E-state index in [1.807, 2.05) is 0 Å². The fourth-order valence-corrected chi connectivity index (χ4v) is 9.98. The summed E-state index contributed by atoms with van der Waals surface area (Å²) in [5.74, 6) is 0. The average molecular weight is 619 g/mol. The molecule has 6 nitrogen and oxygen atoms in total. The van der Waals surface area contributed by atoms with Crippen LogP contribution in [0, 0.1) is 0 Å². The van der Waals surface area contributed by atoms with Gasteiger partial charge in [-0.2, -0.15) is 0 Å². The molecule has 0 N–H and O–H groups in total. The second-order valence-electron chi connectivity index (χ2n) is 15.0. The molecular formula is C42H30N6. The van der Waals surface area contributed by atoms with Crippen molar-refractivity contribution in [2.75, 3.05) is 0 Å². The summed E-state index contributed by atoms with van der Waals surface area (Å²) in [6.45, 7) is 0. The van der Waals surface area contributed by atoms with Crippen molar-refractivity contribution in [2.24, 2.45) is 0 Å².